The molecule has 6 rings (SSSR count). The number of halogens is 1. The molecule has 1 N–H and O–H groups in total. The molecule has 0 saturated carbocycles. The minimum absolute atomic E-state index is 0.180. The molecule has 1 saturated heterocycles. The molecule has 3 atom stereocenters. The predicted octanol–water partition coefficient (Wildman–Crippen LogP) is 7.43. The third kappa shape index (κ3) is 8.77. The van der Waals surface area contributed by atoms with Crippen LogP contribution in [0.25, 0.3) is 22.3 Å². The van der Waals surface area contributed by atoms with E-state index in [1.807, 2.05) is 90.5 Å². The zero-order valence-corrected chi connectivity index (χ0v) is 28.8. The van der Waals surface area contributed by atoms with Crippen molar-refractivity contribution in [3.8, 4) is 17.1 Å². The van der Waals surface area contributed by atoms with Crippen LogP contribution in [-0.2, 0) is 32.0 Å². The lowest BCUT2D eigenvalue weighted by molar-refractivity contribution is -0.142. The number of rotatable bonds is 13. The molecule has 12 heteroatoms. The van der Waals surface area contributed by atoms with Crippen molar-refractivity contribution in [2.24, 2.45) is 0 Å². The number of hydrogen-bond donors (Lipinski definition) is 1. The molecule has 1 amide bonds. The molecular formula is C38H40ClN5O6. The normalized spacial score (nSPS) is 15.6. The van der Waals surface area contributed by atoms with Gasteiger partial charge >= 0.3 is 12.1 Å². The van der Waals surface area contributed by atoms with Crippen molar-refractivity contribution >= 4 is 34.6 Å². The van der Waals surface area contributed by atoms with Gasteiger partial charge in [-0.1, -0.05) is 72.3 Å². The van der Waals surface area contributed by atoms with E-state index in [1.165, 1.54) is 7.11 Å². The quantitative estimate of drug-likeness (QED) is 0.0987. The molecule has 0 spiro atoms. The van der Waals surface area contributed by atoms with Gasteiger partial charge in [0.05, 0.1) is 24.4 Å². The standard InChI is InChI=1S/C38H40ClN5O6/c1-25(18-19-40-38(46)49-24-27-13-7-4-8-14-27)50-28-16-17-32-29(22-28)35(43-44(32)34-15-9-10-20-48-34)31-23-33(39)42-36(41-31)30(37(45)47-2)21-26-11-5-3-6-12-26/h3-8,11-14,16-17,22-23,25,30,34H,9-10,15,18-21,24H2,1-2H3,(H,40,46)/t25-,30?,34?/m1/s1. The van der Waals surface area contributed by atoms with Crippen molar-refractivity contribution in [3.05, 3.63) is 107 Å². The first kappa shape index (κ1) is 34.8. The van der Waals surface area contributed by atoms with Crippen molar-refractivity contribution in [1.82, 2.24) is 25.1 Å². The summed E-state index contributed by atoms with van der Waals surface area (Å²) < 4.78 is 24.8. The Labute approximate surface area is 295 Å². The summed E-state index contributed by atoms with van der Waals surface area (Å²) in [6.07, 6.45) is 2.80. The number of alkyl carbamates (subject to hydrolysis) is 1. The van der Waals surface area contributed by atoms with Crippen LogP contribution in [0, 0.1) is 0 Å². The molecule has 0 radical (unpaired) electrons. The van der Waals surface area contributed by atoms with Crippen LogP contribution >= 0.6 is 11.6 Å². The topological polar surface area (TPSA) is 127 Å². The maximum absolute atomic E-state index is 13.0. The van der Waals surface area contributed by atoms with Crippen LogP contribution in [-0.4, -0.2) is 58.2 Å². The molecule has 1 aliphatic rings. The lowest BCUT2D eigenvalue weighted by atomic mass is 9.98. The molecule has 3 heterocycles. The number of nitrogens with one attached hydrogen (secondary N) is 1. The number of nitrogens with zero attached hydrogens (tertiary/aromatic N) is 4. The number of hydrogen-bond acceptors (Lipinski definition) is 9. The summed E-state index contributed by atoms with van der Waals surface area (Å²) in [7, 11) is 1.35. The first-order chi connectivity index (χ1) is 24.4. The molecule has 5 aromatic rings. The maximum Gasteiger partial charge on any atom is 0.407 e. The third-order valence-corrected chi connectivity index (χ3v) is 8.70. The molecule has 11 nitrogen and oxygen atoms in total. The van der Waals surface area contributed by atoms with Crippen LogP contribution in [0.1, 0.15) is 61.7 Å². The molecule has 1 fully saturated rings. The molecule has 0 bridgehead atoms. The predicted molar refractivity (Wildman–Crippen MR) is 189 cm³/mol. The van der Waals surface area contributed by atoms with Gasteiger partial charge in [-0.15, -0.1) is 0 Å². The van der Waals surface area contributed by atoms with Crippen molar-refractivity contribution in [2.45, 2.75) is 63.9 Å². The highest BCUT2D eigenvalue weighted by atomic mass is 35.5. The number of methoxy groups -OCH3 is 1. The van der Waals surface area contributed by atoms with Gasteiger partial charge in [0, 0.05) is 31.0 Å². The summed E-state index contributed by atoms with van der Waals surface area (Å²) in [6, 6.07) is 26.6. The summed E-state index contributed by atoms with van der Waals surface area (Å²) in [4.78, 5) is 34.5. The number of amides is 1. The van der Waals surface area contributed by atoms with Gasteiger partial charge in [0.2, 0.25) is 0 Å². The van der Waals surface area contributed by atoms with Gasteiger partial charge in [0.25, 0.3) is 0 Å². The smallest absolute Gasteiger partial charge is 0.407 e. The van der Waals surface area contributed by atoms with Crippen molar-refractivity contribution in [3.63, 3.8) is 0 Å². The van der Waals surface area contributed by atoms with Crippen molar-refractivity contribution < 1.29 is 28.5 Å². The van der Waals surface area contributed by atoms with Crippen molar-refractivity contribution in [2.75, 3.05) is 20.3 Å². The maximum atomic E-state index is 13.0. The Hall–Kier alpha value is -5.00. The lowest BCUT2D eigenvalue weighted by Gasteiger charge is -2.23. The number of ether oxygens (including phenoxy) is 4. The SMILES string of the molecule is COC(=O)C(Cc1ccccc1)c1nc(Cl)cc(-c2nn(C3CCCCO3)c3ccc(O[C@H](C)CCNC(=O)OCc4ccccc4)cc23)n1. The Morgan fingerprint density at radius 1 is 1.00 bits per heavy atom. The van der Waals surface area contributed by atoms with E-state index >= 15 is 0 Å². The third-order valence-electron chi connectivity index (χ3n) is 8.51. The summed E-state index contributed by atoms with van der Waals surface area (Å²) in [5, 5.41) is 8.76. The fourth-order valence-electron chi connectivity index (χ4n) is 5.95. The summed E-state index contributed by atoms with van der Waals surface area (Å²) in [5.41, 5.74) is 3.73. The number of aromatic nitrogens is 4. The molecule has 260 valence electrons. The van der Waals surface area contributed by atoms with Crippen LogP contribution in [0.2, 0.25) is 5.15 Å². The van der Waals surface area contributed by atoms with Crippen LogP contribution < -0.4 is 10.1 Å². The van der Waals surface area contributed by atoms with E-state index in [0.29, 0.717) is 43.1 Å². The van der Waals surface area contributed by atoms with E-state index in [2.05, 4.69) is 10.3 Å². The zero-order valence-electron chi connectivity index (χ0n) is 28.1. The summed E-state index contributed by atoms with van der Waals surface area (Å²) >= 11 is 6.60. The van der Waals surface area contributed by atoms with E-state index in [9.17, 15) is 9.59 Å². The van der Waals surface area contributed by atoms with Gasteiger partial charge in [-0.2, -0.15) is 5.10 Å². The van der Waals surface area contributed by atoms with Crippen molar-refractivity contribution in [1.29, 1.82) is 0 Å². The molecule has 0 aliphatic carbocycles. The average Bonchev–Trinajstić information content (AvgIpc) is 3.52. The number of fused-ring (bicyclic) bond motifs is 1. The number of benzene rings is 3. The molecule has 2 aromatic heterocycles. The van der Waals surface area contributed by atoms with Gasteiger partial charge in [0.1, 0.15) is 34.9 Å². The minimum Gasteiger partial charge on any atom is -0.491 e. The fourth-order valence-corrected chi connectivity index (χ4v) is 6.14. The van der Waals surface area contributed by atoms with Gasteiger partial charge in [-0.05, 0) is 61.9 Å². The Bertz CT molecular complexity index is 1900. The first-order valence-electron chi connectivity index (χ1n) is 16.8. The van der Waals surface area contributed by atoms with Crippen LogP contribution in [0.5, 0.6) is 5.75 Å². The summed E-state index contributed by atoms with van der Waals surface area (Å²) in [5.74, 6) is -0.370. The first-order valence-corrected chi connectivity index (χ1v) is 17.2. The van der Waals surface area contributed by atoms with Gasteiger partial charge in [-0.3, -0.25) is 4.79 Å². The van der Waals surface area contributed by atoms with Crippen LogP contribution in [0.4, 0.5) is 4.79 Å². The van der Waals surface area contributed by atoms with Gasteiger partial charge in [0.15, 0.2) is 6.23 Å². The Balaban J connectivity index is 1.24. The second-order valence-electron chi connectivity index (χ2n) is 12.2. The van der Waals surface area contributed by atoms with E-state index in [1.54, 1.807) is 6.07 Å². The van der Waals surface area contributed by atoms with Gasteiger partial charge < -0.3 is 24.3 Å². The second-order valence-corrected chi connectivity index (χ2v) is 12.6. The van der Waals surface area contributed by atoms with Gasteiger partial charge in [-0.25, -0.2) is 19.4 Å². The van der Waals surface area contributed by atoms with E-state index in [4.69, 9.17) is 40.6 Å². The number of esters is 1. The highest BCUT2D eigenvalue weighted by molar-refractivity contribution is 6.29. The monoisotopic (exact) mass is 697 g/mol. The van der Waals surface area contributed by atoms with E-state index in [0.717, 1.165) is 41.3 Å². The molecule has 1 aliphatic heterocycles. The van der Waals surface area contributed by atoms with Crippen LogP contribution in [0.15, 0.2) is 84.9 Å². The molecule has 50 heavy (non-hydrogen) atoms. The largest absolute Gasteiger partial charge is 0.491 e. The van der Waals surface area contributed by atoms with E-state index < -0.39 is 18.0 Å². The Morgan fingerprint density at radius 2 is 1.76 bits per heavy atom. The Kier molecular flexibility index (Phi) is 11.6. The highest BCUT2D eigenvalue weighted by Crippen LogP contribution is 2.36. The molecule has 2 unspecified atom stereocenters. The van der Waals surface area contributed by atoms with E-state index in [-0.39, 0.29) is 29.9 Å². The fraction of sp³-hybridized carbons (Fsp3) is 0.342. The molecule has 3 aromatic carbocycles. The second kappa shape index (κ2) is 16.6. The average molecular weight is 698 g/mol. The lowest BCUT2D eigenvalue weighted by Crippen LogP contribution is -2.28. The van der Waals surface area contributed by atoms with Crippen LogP contribution in [0.3, 0.4) is 0 Å². The number of carbonyl (C=O) groups is 2. The summed E-state index contributed by atoms with van der Waals surface area (Å²) in [6.45, 7) is 3.18. The highest BCUT2D eigenvalue weighted by Gasteiger charge is 2.28. The Morgan fingerprint density at radius 3 is 2.48 bits per heavy atom. The zero-order chi connectivity index (χ0) is 34.9. The molecular weight excluding hydrogens is 658 g/mol. The number of carbonyl (C=O) groups excluding carboxylic acids is 2. The minimum atomic E-state index is -0.779.